The molecule has 71 valence electrons. The van der Waals surface area contributed by atoms with Gasteiger partial charge < -0.3 is 4.74 Å². The van der Waals surface area contributed by atoms with Crippen LogP contribution in [-0.2, 0) is 6.42 Å². The Morgan fingerprint density at radius 1 is 1.38 bits per heavy atom. The quantitative estimate of drug-likeness (QED) is 0.701. The summed E-state index contributed by atoms with van der Waals surface area (Å²) >= 11 is 4.92. The molecule has 0 bridgehead atoms. The normalized spacial score (nSPS) is 10.0. The molecule has 1 aromatic carbocycles. The largest absolute Gasteiger partial charge is 0.494 e. The molecule has 0 saturated carbocycles. The van der Waals surface area contributed by atoms with E-state index in [1.54, 1.807) is 0 Å². The van der Waals surface area contributed by atoms with Crippen molar-refractivity contribution in [1.82, 2.24) is 0 Å². The molecule has 0 aliphatic rings. The maximum Gasteiger partial charge on any atom is 0.119 e. The lowest BCUT2D eigenvalue weighted by Gasteiger charge is -2.05. The van der Waals surface area contributed by atoms with E-state index in [1.807, 2.05) is 12.1 Å². The third kappa shape index (κ3) is 3.73. The molecule has 0 saturated heterocycles. The third-order valence-electron chi connectivity index (χ3n) is 1.76. The Morgan fingerprint density at radius 2 is 2.23 bits per heavy atom. The molecule has 13 heavy (non-hydrogen) atoms. The fourth-order valence-corrected chi connectivity index (χ4v) is 1.36. The number of hydrogen-bond acceptors (Lipinski definition) is 1. The molecule has 0 aliphatic heterocycles. The van der Waals surface area contributed by atoms with Crippen molar-refractivity contribution < 1.29 is 4.74 Å². The van der Waals surface area contributed by atoms with Crippen LogP contribution in [0.15, 0.2) is 24.3 Å². The van der Waals surface area contributed by atoms with Gasteiger partial charge in [-0.2, -0.15) is 0 Å². The number of benzene rings is 1. The smallest absolute Gasteiger partial charge is 0.119 e. The van der Waals surface area contributed by atoms with Gasteiger partial charge in [0.1, 0.15) is 5.75 Å². The molecular formula is C11H15OS. The molecule has 0 unspecified atom stereocenters. The Kier molecular flexibility index (Phi) is 4.76. The molecular weight excluding hydrogens is 180 g/mol. The van der Waals surface area contributed by atoms with Gasteiger partial charge in [-0.05, 0) is 30.5 Å². The highest BCUT2D eigenvalue weighted by Gasteiger charge is 1.95. The molecule has 0 spiro atoms. The molecule has 1 aromatic rings. The minimum atomic E-state index is 0.775. The summed E-state index contributed by atoms with van der Waals surface area (Å²) in [5.74, 6) is 1.74. The summed E-state index contributed by atoms with van der Waals surface area (Å²) in [5.41, 5.74) is 1.27. The van der Waals surface area contributed by atoms with E-state index in [0.29, 0.717) is 0 Å². The predicted octanol–water partition coefficient (Wildman–Crippen LogP) is 3.22. The summed E-state index contributed by atoms with van der Waals surface area (Å²) in [4.78, 5) is 0. The highest BCUT2D eigenvalue weighted by atomic mass is 32.1. The van der Waals surface area contributed by atoms with Crippen LogP contribution in [0, 0.1) is 0 Å². The van der Waals surface area contributed by atoms with E-state index in [2.05, 4.69) is 19.1 Å². The number of aryl methyl sites for hydroxylation is 1. The van der Waals surface area contributed by atoms with Gasteiger partial charge in [-0.3, -0.25) is 0 Å². The second kappa shape index (κ2) is 5.92. The molecule has 2 heteroatoms. The first-order valence-corrected chi connectivity index (χ1v) is 5.24. The van der Waals surface area contributed by atoms with Crippen molar-refractivity contribution in [3.8, 4) is 5.75 Å². The van der Waals surface area contributed by atoms with E-state index >= 15 is 0 Å². The number of ether oxygens (including phenoxy) is 1. The molecule has 1 radical (unpaired) electrons. The topological polar surface area (TPSA) is 9.23 Å². The lowest BCUT2D eigenvalue weighted by atomic mass is 10.2. The van der Waals surface area contributed by atoms with Crippen LogP contribution in [0.25, 0.3) is 0 Å². The van der Waals surface area contributed by atoms with Crippen molar-refractivity contribution in [2.45, 2.75) is 19.8 Å². The summed E-state index contributed by atoms with van der Waals surface area (Å²) < 4.78 is 5.51. The maximum atomic E-state index is 5.51. The Labute approximate surface area is 85.5 Å². The molecule has 0 amide bonds. The number of rotatable bonds is 5. The predicted molar refractivity (Wildman–Crippen MR) is 58.4 cm³/mol. The molecule has 0 heterocycles. The minimum absolute atomic E-state index is 0.775. The van der Waals surface area contributed by atoms with Crippen LogP contribution in [0.2, 0.25) is 0 Å². The zero-order chi connectivity index (χ0) is 9.52. The summed E-state index contributed by atoms with van der Waals surface area (Å²) in [6.45, 7) is 2.89. The van der Waals surface area contributed by atoms with Gasteiger partial charge in [0.25, 0.3) is 0 Å². The van der Waals surface area contributed by atoms with Crippen LogP contribution >= 0.6 is 12.6 Å². The molecule has 0 fully saturated rings. The first-order valence-electron chi connectivity index (χ1n) is 4.66. The first kappa shape index (κ1) is 10.5. The Morgan fingerprint density at radius 3 is 2.92 bits per heavy atom. The highest BCUT2D eigenvalue weighted by Crippen LogP contribution is 2.14. The van der Waals surface area contributed by atoms with Gasteiger partial charge in [0, 0.05) is 5.75 Å². The molecule has 1 nitrogen and oxygen atoms in total. The van der Waals surface area contributed by atoms with Gasteiger partial charge in [-0.15, -0.1) is 0 Å². The Bertz CT molecular complexity index is 248. The second-order valence-electron chi connectivity index (χ2n) is 2.95. The summed E-state index contributed by atoms with van der Waals surface area (Å²) in [6.07, 6.45) is 2.00. The van der Waals surface area contributed by atoms with Crippen molar-refractivity contribution >= 4 is 12.6 Å². The van der Waals surface area contributed by atoms with Crippen molar-refractivity contribution in [3.63, 3.8) is 0 Å². The molecule has 0 atom stereocenters. The van der Waals surface area contributed by atoms with Crippen LogP contribution in [-0.4, -0.2) is 12.4 Å². The van der Waals surface area contributed by atoms with Crippen molar-refractivity contribution in [2.24, 2.45) is 0 Å². The first-order chi connectivity index (χ1) is 6.36. The van der Waals surface area contributed by atoms with Gasteiger partial charge >= 0.3 is 0 Å². The number of hydrogen-bond donors (Lipinski definition) is 0. The van der Waals surface area contributed by atoms with E-state index in [4.69, 9.17) is 17.4 Å². The lowest BCUT2D eigenvalue weighted by Crippen LogP contribution is -1.95. The molecule has 0 aromatic heterocycles. The van der Waals surface area contributed by atoms with Gasteiger partial charge in [-0.25, -0.2) is 0 Å². The van der Waals surface area contributed by atoms with E-state index < -0.39 is 0 Å². The van der Waals surface area contributed by atoms with E-state index in [-0.39, 0.29) is 0 Å². The van der Waals surface area contributed by atoms with Crippen LogP contribution in [0.4, 0.5) is 0 Å². The summed E-state index contributed by atoms with van der Waals surface area (Å²) in [5, 5.41) is 0. The standard InChI is InChI=1S/C11H15OS/c1-2-7-12-11-5-3-4-10(9-11)6-8-13/h3-5,9H,2,6-8H2,1H3. The zero-order valence-electron chi connectivity index (χ0n) is 7.95. The van der Waals surface area contributed by atoms with Gasteiger partial charge in [0.05, 0.1) is 6.61 Å². The lowest BCUT2D eigenvalue weighted by molar-refractivity contribution is 0.317. The minimum Gasteiger partial charge on any atom is -0.494 e. The fraction of sp³-hybridized carbons (Fsp3) is 0.455. The SMILES string of the molecule is CCCOc1cccc(CC[S])c1. The fourth-order valence-electron chi connectivity index (χ4n) is 1.13. The van der Waals surface area contributed by atoms with Crippen molar-refractivity contribution in [2.75, 3.05) is 12.4 Å². The van der Waals surface area contributed by atoms with Crippen LogP contribution in [0.5, 0.6) is 5.75 Å². The zero-order valence-corrected chi connectivity index (χ0v) is 8.77. The molecule has 0 aliphatic carbocycles. The Hall–Kier alpha value is -0.630. The third-order valence-corrected chi connectivity index (χ3v) is 1.97. The Balaban J connectivity index is 2.56. The van der Waals surface area contributed by atoms with Crippen molar-refractivity contribution in [3.05, 3.63) is 29.8 Å². The summed E-state index contributed by atoms with van der Waals surface area (Å²) in [6, 6.07) is 8.17. The van der Waals surface area contributed by atoms with Crippen LogP contribution < -0.4 is 4.74 Å². The van der Waals surface area contributed by atoms with Gasteiger partial charge in [-0.1, -0.05) is 31.7 Å². The van der Waals surface area contributed by atoms with Gasteiger partial charge in [0.15, 0.2) is 0 Å². The monoisotopic (exact) mass is 195 g/mol. The van der Waals surface area contributed by atoms with Crippen LogP contribution in [0.1, 0.15) is 18.9 Å². The van der Waals surface area contributed by atoms with Crippen molar-refractivity contribution in [1.29, 1.82) is 0 Å². The van der Waals surface area contributed by atoms with E-state index in [9.17, 15) is 0 Å². The van der Waals surface area contributed by atoms with E-state index in [1.165, 1.54) is 5.56 Å². The summed E-state index contributed by atoms with van der Waals surface area (Å²) in [7, 11) is 0. The molecule has 1 rings (SSSR count). The average Bonchev–Trinajstić information content (AvgIpc) is 2.16. The highest BCUT2D eigenvalue weighted by molar-refractivity contribution is 7.80. The molecule has 0 N–H and O–H groups in total. The second-order valence-corrected chi connectivity index (χ2v) is 3.36. The maximum absolute atomic E-state index is 5.51. The van der Waals surface area contributed by atoms with Gasteiger partial charge in [0.2, 0.25) is 0 Å². The average molecular weight is 195 g/mol. The van der Waals surface area contributed by atoms with Crippen LogP contribution in [0.3, 0.4) is 0 Å². The van der Waals surface area contributed by atoms with E-state index in [0.717, 1.165) is 31.0 Å².